The van der Waals surface area contributed by atoms with Gasteiger partial charge in [0, 0.05) is 23.3 Å². The standard InChI is InChI=1S/C19H15N3OS/c1-13(24-19-20-8-5-9-21-19)16-10-15-11-17(23-18(15)12-22-16)14-6-3-2-4-7-14/h2-13H,1H3. The Labute approximate surface area is 144 Å². The summed E-state index contributed by atoms with van der Waals surface area (Å²) in [6.45, 7) is 2.10. The second-order valence-corrected chi connectivity index (χ2v) is 6.72. The fourth-order valence-electron chi connectivity index (χ4n) is 2.49. The molecule has 4 rings (SSSR count). The normalized spacial score (nSPS) is 12.4. The number of aromatic nitrogens is 3. The van der Waals surface area contributed by atoms with E-state index < -0.39 is 0 Å². The summed E-state index contributed by atoms with van der Waals surface area (Å²) in [5, 5.41) is 1.97. The first-order valence-corrected chi connectivity index (χ1v) is 8.56. The zero-order valence-electron chi connectivity index (χ0n) is 13.1. The molecule has 1 aromatic carbocycles. The van der Waals surface area contributed by atoms with Crippen molar-refractivity contribution in [3.63, 3.8) is 0 Å². The molecule has 0 aliphatic carbocycles. The van der Waals surface area contributed by atoms with E-state index in [0.29, 0.717) is 0 Å². The van der Waals surface area contributed by atoms with E-state index in [9.17, 15) is 0 Å². The van der Waals surface area contributed by atoms with E-state index >= 15 is 0 Å². The highest BCUT2D eigenvalue weighted by atomic mass is 32.2. The lowest BCUT2D eigenvalue weighted by molar-refractivity contribution is 0.629. The van der Waals surface area contributed by atoms with Gasteiger partial charge in [0.05, 0.1) is 17.1 Å². The predicted octanol–water partition coefficient (Wildman–Crippen LogP) is 5.14. The number of rotatable bonds is 4. The number of hydrogen-bond donors (Lipinski definition) is 0. The highest BCUT2D eigenvalue weighted by Gasteiger charge is 2.13. The molecule has 0 aliphatic rings. The third kappa shape index (κ3) is 3.03. The minimum absolute atomic E-state index is 0.159. The molecule has 0 saturated heterocycles. The van der Waals surface area contributed by atoms with Gasteiger partial charge in [0.15, 0.2) is 10.7 Å². The van der Waals surface area contributed by atoms with E-state index in [-0.39, 0.29) is 5.25 Å². The van der Waals surface area contributed by atoms with Gasteiger partial charge < -0.3 is 4.42 Å². The summed E-state index contributed by atoms with van der Waals surface area (Å²) in [5.41, 5.74) is 2.85. The average molecular weight is 333 g/mol. The van der Waals surface area contributed by atoms with Crippen LogP contribution >= 0.6 is 11.8 Å². The van der Waals surface area contributed by atoms with Gasteiger partial charge in [-0.3, -0.25) is 4.98 Å². The largest absolute Gasteiger partial charge is 0.454 e. The molecule has 4 aromatic rings. The monoisotopic (exact) mass is 333 g/mol. The zero-order valence-corrected chi connectivity index (χ0v) is 13.9. The molecular formula is C19H15N3OS. The maximum Gasteiger partial charge on any atom is 0.188 e. The summed E-state index contributed by atoms with van der Waals surface area (Å²) in [6, 6.07) is 16.0. The van der Waals surface area contributed by atoms with Gasteiger partial charge in [-0.05, 0) is 25.1 Å². The summed E-state index contributed by atoms with van der Waals surface area (Å²) in [5.74, 6) is 0.858. The molecule has 24 heavy (non-hydrogen) atoms. The van der Waals surface area contributed by atoms with Crippen molar-refractivity contribution in [3.05, 3.63) is 72.8 Å². The molecular weight excluding hydrogens is 318 g/mol. The second-order valence-electron chi connectivity index (χ2n) is 5.42. The van der Waals surface area contributed by atoms with Crippen LogP contribution in [0.4, 0.5) is 0 Å². The molecule has 3 aromatic heterocycles. The lowest BCUT2D eigenvalue weighted by Crippen LogP contribution is -1.94. The number of thioether (sulfide) groups is 1. The van der Waals surface area contributed by atoms with E-state index in [0.717, 1.165) is 33.1 Å². The Kier molecular flexibility index (Phi) is 4.01. The van der Waals surface area contributed by atoms with Crippen molar-refractivity contribution < 1.29 is 4.42 Å². The molecule has 3 heterocycles. The first-order chi connectivity index (χ1) is 11.8. The van der Waals surface area contributed by atoms with E-state index in [1.54, 1.807) is 30.4 Å². The summed E-state index contributed by atoms with van der Waals surface area (Å²) < 4.78 is 5.91. The van der Waals surface area contributed by atoms with E-state index in [2.05, 4.69) is 34.0 Å². The Morgan fingerprint density at radius 2 is 1.75 bits per heavy atom. The predicted molar refractivity (Wildman–Crippen MR) is 95.7 cm³/mol. The number of nitrogens with zero attached hydrogens (tertiary/aromatic N) is 3. The molecule has 0 bridgehead atoms. The molecule has 0 radical (unpaired) electrons. The zero-order chi connectivity index (χ0) is 16.4. The second kappa shape index (κ2) is 6.45. The Hall–Kier alpha value is -2.66. The molecule has 0 amide bonds. The fraction of sp³-hybridized carbons (Fsp3) is 0.105. The molecule has 0 saturated carbocycles. The third-order valence-corrected chi connectivity index (χ3v) is 4.74. The van der Waals surface area contributed by atoms with Gasteiger partial charge in [0.1, 0.15) is 5.76 Å². The molecule has 0 fully saturated rings. The lowest BCUT2D eigenvalue weighted by Gasteiger charge is -2.08. The van der Waals surface area contributed by atoms with Crippen LogP contribution in [0.1, 0.15) is 17.9 Å². The summed E-state index contributed by atoms with van der Waals surface area (Å²) in [4.78, 5) is 13.1. The van der Waals surface area contributed by atoms with Gasteiger partial charge >= 0.3 is 0 Å². The van der Waals surface area contributed by atoms with Gasteiger partial charge in [-0.1, -0.05) is 42.1 Å². The van der Waals surface area contributed by atoms with Crippen LogP contribution in [0.5, 0.6) is 0 Å². The molecule has 0 spiro atoms. The highest BCUT2D eigenvalue weighted by molar-refractivity contribution is 7.99. The average Bonchev–Trinajstić information content (AvgIpc) is 3.06. The molecule has 1 unspecified atom stereocenters. The Balaban J connectivity index is 1.63. The van der Waals surface area contributed by atoms with Crippen molar-refractivity contribution in [2.45, 2.75) is 17.3 Å². The summed E-state index contributed by atoms with van der Waals surface area (Å²) >= 11 is 1.59. The lowest BCUT2D eigenvalue weighted by atomic mass is 10.1. The molecule has 118 valence electrons. The smallest absolute Gasteiger partial charge is 0.188 e. The van der Waals surface area contributed by atoms with Gasteiger partial charge in [0.25, 0.3) is 0 Å². The van der Waals surface area contributed by atoms with Crippen LogP contribution in [0.2, 0.25) is 0 Å². The highest BCUT2D eigenvalue weighted by Crippen LogP contribution is 2.34. The summed E-state index contributed by atoms with van der Waals surface area (Å²) in [6.07, 6.45) is 5.29. The summed E-state index contributed by atoms with van der Waals surface area (Å²) in [7, 11) is 0. The van der Waals surface area contributed by atoms with Gasteiger partial charge in [0.2, 0.25) is 0 Å². The van der Waals surface area contributed by atoms with Crippen molar-refractivity contribution in [2.75, 3.05) is 0 Å². The molecule has 1 atom stereocenters. The van der Waals surface area contributed by atoms with Crippen molar-refractivity contribution in [1.29, 1.82) is 0 Å². The minimum atomic E-state index is 0.159. The topological polar surface area (TPSA) is 51.8 Å². The Bertz CT molecular complexity index is 954. The van der Waals surface area contributed by atoms with E-state index in [4.69, 9.17) is 4.42 Å². The van der Waals surface area contributed by atoms with Gasteiger partial charge in [-0.2, -0.15) is 0 Å². The van der Waals surface area contributed by atoms with Crippen LogP contribution in [0.15, 0.2) is 76.7 Å². The van der Waals surface area contributed by atoms with Crippen molar-refractivity contribution >= 4 is 22.7 Å². The first kappa shape index (κ1) is 14.9. The maximum absolute atomic E-state index is 5.91. The van der Waals surface area contributed by atoms with Gasteiger partial charge in [-0.25, -0.2) is 9.97 Å². The molecule has 0 N–H and O–H groups in total. The van der Waals surface area contributed by atoms with Crippen LogP contribution in [0.25, 0.3) is 22.3 Å². The molecule has 0 aliphatic heterocycles. The van der Waals surface area contributed by atoms with Crippen molar-refractivity contribution in [1.82, 2.24) is 15.0 Å². The van der Waals surface area contributed by atoms with E-state index in [1.807, 2.05) is 36.4 Å². The molecule has 5 heteroatoms. The maximum atomic E-state index is 5.91. The number of benzene rings is 1. The number of pyridine rings is 1. The van der Waals surface area contributed by atoms with Crippen LogP contribution in [0.3, 0.4) is 0 Å². The SMILES string of the molecule is CC(Sc1ncccn1)c1cc2cc(-c3ccccc3)oc2cn1. The quantitative estimate of drug-likeness (QED) is 0.382. The fourth-order valence-corrected chi connectivity index (χ4v) is 3.30. The third-order valence-electron chi connectivity index (χ3n) is 3.72. The minimum Gasteiger partial charge on any atom is -0.454 e. The number of furan rings is 1. The van der Waals surface area contributed by atoms with Crippen LogP contribution in [-0.4, -0.2) is 15.0 Å². The van der Waals surface area contributed by atoms with E-state index in [1.165, 1.54) is 0 Å². The van der Waals surface area contributed by atoms with Crippen molar-refractivity contribution in [2.24, 2.45) is 0 Å². The molecule has 4 nitrogen and oxygen atoms in total. The van der Waals surface area contributed by atoms with Crippen LogP contribution < -0.4 is 0 Å². The first-order valence-electron chi connectivity index (χ1n) is 7.68. The number of fused-ring (bicyclic) bond motifs is 1. The number of hydrogen-bond acceptors (Lipinski definition) is 5. The van der Waals surface area contributed by atoms with Crippen molar-refractivity contribution in [3.8, 4) is 11.3 Å². The Morgan fingerprint density at radius 3 is 2.54 bits per heavy atom. The van der Waals surface area contributed by atoms with Crippen LogP contribution in [0, 0.1) is 0 Å². The van der Waals surface area contributed by atoms with Crippen LogP contribution in [-0.2, 0) is 0 Å². The Morgan fingerprint density at radius 1 is 0.958 bits per heavy atom. The van der Waals surface area contributed by atoms with Gasteiger partial charge in [-0.15, -0.1) is 0 Å².